The lowest BCUT2D eigenvalue weighted by atomic mass is 11.2. The van der Waals surface area contributed by atoms with Crippen molar-refractivity contribution < 1.29 is 4.52 Å². The molecule has 12 heavy (non-hydrogen) atoms. The predicted octanol–water partition coefficient (Wildman–Crippen LogP) is -2.57. The molecular formula is C3H2N6O3. The SMILES string of the molecule is O=c1[nH]c(=O)n(-n2cnnn2)o1. The maximum atomic E-state index is 10.8. The molecule has 2 rings (SSSR count). The van der Waals surface area contributed by atoms with Crippen molar-refractivity contribution in [1.29, 1.82) is 0 Å². The lowest BCUT2D eigenvalue weighted by Gasteiger charge is -1.89. The van der Waals surface area contributed by atoms with Gasteiger partial charge < -0.3 is 0 Å². The first kappa shape index (κ1) is 6.52. The van der Waals surface area contributed by atoms with E-state index in [0.717, 1.165) is 11.1 Å². The molecule has 0 bridgehead atoms. The van der Waals surface area contributed by atoms with Crippen LogP contribution in [0.5, 0.6) is 0 Å². The Kier molecular flexibility index (Phi) is 1.17. The van der Waals surface area contributed by atoms with Crippen molar-refractivity contribution in [2.75, 3.05) is 0 Å². The van der Waals surface area contributed by atoms with Crippen molar-refractivity contribution in [2.24, 2.45) is 0 Å². The van der Waals surface area contributed by atoms with Crippen molar-refractivity contribution in [2.45, 2.75) is 0 Å². The normalized spacial score (nSPS) is 10.3. The van der Waals surface area contributed by atoms with Gasteiger partial charge in [-0.3, -0.25) is 4.52 Å². The number of tetrazole rings is 1. The Balaban J connectivity index is 2.69. The van der Waals surface area contributed by atoms with Crippen molar-refractivity contribution in [3.8, 4) is 0 Å². The second-order valence-corrected chi connectivity index (χ2v) is 1.81. The van der Waals surface area contributed by atoms with Gasteiger partial charge in [0.25, 0.3) is 0 Å². The van der Waals surface area contributed by atoms with Gasteiger partial charge in [0.05, 0.1) is 0 Å². The summed E-state index contributed by atoms with van der Waals surface area (Å²) in [5.74, 6) is -0.865. The van der Waals surface area contributed by atoms with E-state index in [9.17, 15) is 9.59 Å². The fourth-order valence-corrected chi connectivity index (χ4v) is 0.653. The number of aromatic amines is 1. The maximum absolute atomic E-state index is 10.8. The summed E-state index contributed by atoms with van der Waals surface area (Å²) in [5, 5.41) is 9.82. The van der Waals surface area contributed by atoms with Gasteiger partial charge in [0.2, 0.25) is 0 Å². The number of nitrogens with zero attached hydrogens (tertiary/aromatic N) is 5. The molecule has 0 radical (unpaired) electrons. The van der Waals surface area contributed by atoms with Gasteiger partial charge in [0, 0.05) is 0 Å². The van der Waals surface area contributed by atoms with Gasteiger partial charge in [0.15, 0.2) is 6.33 Å². The van der Waals surface area contributed by atoms with E-state index in [0.29, 0.717) is 4.85 Å². The number of hydrogen-bond acceptors (Lipinski definition) is 6. The molecular weight excluding hydrogens is 168 g/mol. The minimum absolute atomic E-state index is 0.586. The van der Waals surface area contributed by atoms with Crippen LogP contribution in [0.3, 0.4) is 0 Å². The van der Waals surface area contributed by atoms with Crippen LogP contribution < -0.4 is 11.4 Å². The van der Waals surface area contributed by atoms with Gasteiger partial charge in [-0.25, -0.2) is 14.6 Å². The summed E-state index contributed by atoms with van der Waals surface area (Å²) in [6.07, 6.45) is 1.11. The maximum Gasteiger partial charge on any atom is 0.441 e. The fraction of sp³-hybridized carbons (Fsp3) is 0. The molecule has 0 aliphatic heterocycles. The zero-order valence-electron chi connectivity index (χ0n) is 5.54. The number of H-pyrrole nitrogens is 1. The quantitative estimate of drug-likeness (QED) is 0.503. The Morgan fingerprint density at radius 1 is 1.50 bits per heavy atom. The highest BCUT2D eigenvalue weighted by Gasteiger charge is 2.04. The summed E-state index contributed by atoms with van der Waals surface area (Å²) in [6, 6.07) is 0. The Labute approximate surface area is 63.2 Å². The Bertz CT molecular complexity index is 473. The first-order chi connectivity index (χ1) is 5.77. The van der Waals surface area contributed by atoms with Crippen molar-refractivity contribution in [3.05, 3.63) is 27.4 Å². The topological polar surface area (TPSA) is 112 Å². The summed E-state index contributed by atoms with van der Waals surface area (Å²) in [5.41, 5.74) is -0.743. The van der Waals surface area contributed by atoms with Crippen LogP contribution in [-0.2, 0) is 0 Å². The fourth-order valence-electron chi connectivity index (χ4n) is 0.653. The molecule has 0 amide bonds. The molecule has 0 saturated heterocycles. The largest absolute Gasteiger partial charge is 0.441 e. The number of aromatic nitrogens is 6. The smallest absolute Gasteiger partial charge is 0.293 e. The lowest BCUT2D eigenvalue weighted by Crippen LogP contribution is -2.23. The molecule has 0 aliphatic rings. The summed E-state index contributed by atoms with van der Waals surface area (Å²) in [6.45, 7) is 0. The molecule has 2 aromatic rings. The molecule has 9 nitrogen and oxygen atoms in total. The lowest BCUT2D eigenvalue weighted by molar-refractivity contribution is 0.199. The van der Waals surface area contributed by atoms with Crippen LogP contribution in [0, 0.1) is 0 Å². The highest BCUT2D eigenvalue weighted by molar-refractivity contribution is 4.56. The summed E-state index contributed by atoms with van der Waals surface area (Å²) in [4.78, 5) is 24.6. The molecule has 9 heteroatoms. The van der Waals surface area contributed by atoms with Crippen LogP contribution >= 0.6 is 0 Å². The van der Waals surface area contributed by atoms with E-state index in [2.05, 4.69) is 20.0 Å². The van der Waals surface area contributed by atoms with Gasteiger partial charge in [-0.1, -0.05) is 4.79 Å². The van der Waals surface area contributed by atoms with Crippen LogP contribution in [0.15, 0.2) is 20.4 Å². The molecule has 0 aromatic carbocycles. The Morgan fingerprint density at radius 3 is 2.83 bits per heavy atom. The Hall–Kier alpha value is -2.19. The van der Waals surface area contributed by atoms with Crippen LogP contribution in [-0.4, -0.2) is 30.1 Å². The van der Waals surface area contributed by atoms with Crippen molar-refractivity contribution in [1.82, 2.24) is 30.1 Å². The van der Waals surface area contributed by atoms with E-state index in [1.165, 1.54) is 0 Å². The number of hydrogen-bond donors (Lipinski definition) is 1. The van der Waals surface area contributed by atoms with E-state index >= 15 is 0 Å². The number of nitrogens with one attached hydrogen (secondary N) is 1. The highest BCUT2D eigenvalue weighted by atomic mass is 16.6. The van der Waals surface area contributed by atoms with E-state index in [1.807, 2.05) is 4.98 Å². The minimum atomic E-state index is -0.865. The second-order valence-electron chi connectivity index (χ2n) is 1.81. The third kappa shape index (κ3) is 0.836. The molecule has 0 saturated carbocycles. The first-order valence-corrected chi connectivity index (χ1v) is 2.83. The molecule has 1 N–H and O–H groups in total. The molecule has 2 heterocycles. The highest BCUT2D eigenvalue weighted by Crippen LogP contribution is 1.73. The van der Waals surface area contributed by atoms with E-state index < -0.39 is 11.4 Å². The molecule has 0 unspecified atom stereocenters. The molecule has 0 spiro atoms. The standard InChI is InChI=1S/C3H2N6O3/c10-2-5-3(11)12-9(2)8-1-4-6-7-8/h1H,(H,5,10,11). The van der Waals surface area contributed by atoms with Gasteiger partial charge in [-0.2, -0.15) is 0 Å². The predicted molar refractivity (Wildman–Crippen MR) is 32.2 cm³/mol. The van der Waals surface area contributed by atoms with Crippen LogP contribution in [0.1, 0.15) is 0 Å². The van der Waals surface area contributed by atoms with Gasteiger partial charge >= 0.3 is 11.4 Å². The van der Waals surface area contributed by atoms with E-state index in [1.54, 1.807) is 0 Å². The first-order valence-electron chi connectivity index (χ1n) is 2.83. The molecule has 0 aliphatic carbocycles. The molecule has 62 valence electrons. The van der Waals surface area contributed by atoms with E-state index in [4.69, 9.17) is 0 Å². The monoisotopic (exact) mass is 170 g/mol. The Morgan fingerprint density at radius 2 is 2.33 bits per heavy atom. The summed E-state index contributed by atoms with van der Waals surface area (Å²) >= 11 is 0. The minimum Gasteiger partial charge on any atom is -0.293 e. The van der Waals surface area contributed by atoms with E-state index in [-0.39, 0.29) is 0 Å². The van der Waals surface area contributed by atoms with Crippen molar-refractivity contribution in [3.63, 3.8) is 0 Å². The zero-order valence-corrected chi connectivity index (χ0v) is 5.54. The molecule has 2 aromatic heterocycles. The molecule has 0 fully saturated rings. The average Bonchev–Trinajstić information content (AvgIpc) is 2.58. The average molecular weight is 170 g/mol. The van der Waals surface area contributed by atoms with Gasteiger partial charge in [-0.05, 0) is 15.3 Å². The zero-order chi connectivity index (χ0) is 8.55. The second kappa shape index (κ2) is 2.15. The summed E-state index contributed by atoms with van der Waals surface area (Å²) in [7, 11) is 0. The third-order valence-electron chi connectivity index (χ3n) is 1.08. The van der Waals surface area contributed by atoms with Gasteiger partial charge in [0.1, 0.15) is 0 Å². The van der Waals surface area contributed by atoms with Crippen molar-refractivity contribution >= 4 is 0 Å². The van der Waals surface area contributed by atoms with Crippen LogP contribution in [0.4, 0.5) is 0 Å². The summed E-state index contributed by atoms with van der Waals surface area (Å²) < 4.78 is 4.37. The van der Waals surface area contributed by atoms with Crippen LogP contribution in [0.2, 0.25) is 0 Å². The third-order valence-corrected chi connectivity index (χ3v) is 1.08. The van der Waals surface area contributed by atoms with Crippen LogP contribution in [0.25, 0.3) is 0 Å². The number of rotatable bonds is 1. The molecule has 0 atom stereocenters. The van der Waals surface area contributed by atoms with Gasteiger partial charge in [-0.15, -0.1) is 5.10 Å².